The molecule has 1 aromatic rings. The van der Waals surface area contributed by atoms with Gasteiger partial charge in [-0.15, -0.1) is 0 Å². The van der Waals surface area contributed by atoms with Crippen LogP contribution in [0.4, 0.5) is 8.78 Å². The van der Waals surface area contributed by atoms with Crippen LogP contribution < -0.4 is 5.14 Å². The van der Waals surface area contributed by atoms with Crippen LogP contribution in [0.1, 0.15) is 23.7 Å². The number of esters is 1. The summed E-state index contributed by atoms with van der Waals surface area (Å²) in [5, 5.41) is 4.73. The number of carbonyl (C=O) groups excluding carboxylic acids is 1. The number of ether oxygens (including phenoxy) is 1. The minimum absolute atomic E-state index is 0.0304. The van der Waals surface area contributed by atoms with Crippen molar-refractivity contribution in [3.8, 4) is 0 Å². The Labute approximate surface area is 103 Å². The summed E-state index contributed by atoms with van der Waals surface area (Å²) in [4.78, 5) is 10.4. The number of sulfonamides is 1. The van der Waals surface area contributed by atoms with Gasteiger partial charge in [0.05, 0.1) is 6.61 Å². The third kappa shape index (κ3) is 3.02. The van der Waals surface area contributed by atoms with Gasteiger partial charge in [-0.05, 0) is 18.6 Å². The smallest absolute Gasteiger partial charge is 0.344 e. The number of hydrogen-bond acceptors (Lipinski definition) is 4. The second-order valence-electron chi connectivity index (χ2n) is 3.42. The highest BCUT2D eigenvalue weighted by Crippen LogP contribution is 2.20. The molecule has 0 aliphatic carbocycles. The fourth-order valence-corrected chi connectivity index (χ4v) is 1.82. The molecule has 0 atom stereocenters. The van der Waals surface area contributed by atoms with E-state index in [0.717, 1.165) is 0 Å². The van der Waals surface area contributed by atoms with Crippen molar-refractivity contribution >= 4 is 16.0 Å². The number of carbonyl (C=O) groups is 1. The maximum absolute atomic E-state index is 13.7. The number of halogens is 2. The summed E-state index contributed by atoms with van der Waals surface area (Å²) in [6, 6.07) is 1.29. The molecule has 18 heavy (non-hydrogen) atoms. The third-order valence-corrected chi connectivity index (χ3v) is 2.93. The molecule has 0 saturated carbocycles. The van der Waals surface area contributed by atoms with E-state index in [2.05, 4.69) is 4.74 Å². The first-order valence-electron chi connectivity index (χ1n) is 4.97. The standard InChI is InChI=1S/C10H11F2NO4S/c1-2-5-17-10(14)8-6(11)3-4-7(9(8)12)18(13,15)16/h3-4H,2,5H2,1H3,(H2,13,15,16). The molecule has 0 amide bonds. The molecule has 2 N–H and O–H groups in total. The third-order valence-electron chi connectivity index (χ3n) is 2.00. The van der Waals surface area contributed by atoms with Gasteiger partial charge in [0.25, 0.3) is 0 Å². The van der Waals surface area contributed by atoms with Crippen LogP contribution in [-0.2, 0) is 14.8 Å². The van der Waals surface area contributed by atoms with Gasteiger partial charge >= 0.3 is 5.97 Å². The number of nitrogens with two attached hydrogens (primary N) is 1. The van der Waals surface area contributed by atoms with Crippen LogP contribution >= 0.6 is 0 Å². The number of benzene rings is 1. The maximum atomic E-state index is 13.7. The maximum Gasteiger partial charge on any atom is 0.344 e. The minimum Gasteiger partial charge on any atom is -0.462 e. The first-order chi connectivity index (χ1) is 8.29. The lowest BCUT2D eigenvalue weighted by atomic mass is 10.2. The molecule has 0 fully saturated rings. The van der Waals surface area contributed by atoms with Crippen molar-refractivity contribution in [1.29, 1.82) is 0 Å². The van der Waals surface area contributed by atoms with Crippen LogP contribution in [0.5, 0.6) is 0 Å². The van der Waals surface area contributed by atoms with Crippen molar-refractivity contribution in [1.82, 2.24) is 0 Å². The Morgan fingerprint density at radius 3 is 2.50 bits per heavy atom. The highest BCUT2D eigenvalue weighted by atomic mass is 32.2. The van der Waals surface area contributed by atoms with E-state index in [1.807, 2.05) is 0 Å². The first-order valence-corrected chi connectivity index (χ1v) is 6.51. The zero-order chi connectivity index (χ0) is 13.9. The molecule has 0 aromatic heterocycles. The van der Waals surface area contributed by atoms with Crippen LogP contribution in [-0.4, -0.2) is 21.0 Å². The van der Waals surface area contributed by atoms with E-state index in [1.165, 1.54) is 0 Å². The monoisotopic (exact) mass is 279 g/mol. The minimum atomic E-state index is -4.38. The molecule has 1 rings (SSSR count). The van der Waals surface area contributed by atoms with Crippen LogP contribution in [0.15, 0.2) is 17.0 Å². The summed E-state index contributed by atoms with van der Waals surface area (Å²) < 4.78 is 53.6. The molecule has 0 radical (unpaired) electrons. The second kappa shape index (κ2) is 5.40. The molecule has 0 aliphatic rings. The Bertz CT molecular complexity index is 571. The second-order valence-corrected chi connectivity index (χ2v) is 4.95. The fourth-order valence-electron chi connectivity index (χ4n) is 1.21. The lowest BCUT2D eigenvalue weighted by Gasteiger charge is -2.08. The number of hydrogen-bond donors (Lipinski definition) is 1. The largest absolute Gasteiger partial charge is 0.462 e. The SMILES string of the molecule is CCCOC(=O)c1c(F)ccc(S(N)(=O)=O)c1F. The van der Waals surface area contributed by atoms with Crippen molar-refractivity contribution in [2.24, 2.45) is 5.14 Å². The Balaban J connectivity index is 3.31. The van der Waals surface area contributed by atoms with E-state index >= 15 is 0 Å². The number of primary sulfonamides is 1. The van der Waals surface area contributed by atoms with E-state index in [-0.39, 0.29) is 6.61 Å². The van der Waals surface area contributed by atoms with E-state index in [0.29, 0.717) is 18.6 Å². The molecule has 8 heteroatoms. The summed E-state index contributed by atoms with van der Waals surface area (Å²) in [6.45, 7) is 1.66. The summed E-state index contributed by atoms with van der Waals surface area (Å²) in [7, 11) is -4.38. The molecule has 5 nitrogen and oxygen atoms in total. The predicted octanol–water partition coefficient (Wildman–Crippen LogP) is 1.18. The topological polar surface area (TPSA) is 86.5 Å². The lowest BCUT2D eigenvalue weighted by Crippen LogP contribution is -2.18. The van der Waals surface area contributed by atoms with Crippen LogP contribution in [0, 0.1) is 11.6 Å². The Morgan fingerprint density at radius 1 is 1.39 bits per heavy atom. The van der Waals surface area contributed by atoms with Gasteiger partial charge in [-0.3, -0.25) is 0 Å². The molecular formula is C10H11F2NO4S. The Kier molecular flexibility index (Phi) is 4.36. The molecular weight excluding hydrogens is 268 g/mol. The van der Waals surface area contributed by atoms with Crippen molar-refractivity contribution < 1.29 is 26.7 Å². The normalized spacial score (nSPS) is 11.3. The highest BCUT2D eigenvalue weighted by molar-refractivity contribution is 7.89. The predicted molar refractivity (Wildman–Crippen MR) is 58.3 cm³/mol. The van der Waals surface area contributed by atoms with Crippen LogP contribution in [0.25, 0.3) is 0 Å². The van der Waals surface area contributed by atoms with Crippen molar-refractivity contribution in [3.63, 3.8) is 0 Å². The van der Waals surface area contributed by atoms with Crippen molar-refractivity contribution in [3.05, 3.63) is 29.3 Å². The van der Waals surface area contributed by atoms with E-state index < -0.39 is 38.1 Å². The molecule has 0 bridgehead atoms. The van der Waals surface area contributed by atoms with Gasteiger partial charge in [-0.1, -0.05) is 6.92 Å². The average Bonchev–Trinajstić information content (AvgIpc) is 2.24. The Morgan fingerprint density at radius 2 is 2.00 bits per heavy atom. The first kappa shape index (κ1) is 14.5. The zero-order valence-corrected chi connectivity index (χ0v) is 10.3. The molecule has 100 valence electrons. The Hall–Kier alpha value is -1.54. The van der Waals surface area contributed by atoms with Gasteiger partial charge in [0.1, 0.15) is 16.3 Å². The van der Waals surface area contributed by atoms with Crippen LogP contribution in [0.3, 0.4) is 0 Å². The van der Waals surface area contributed by atoms with Crippen molar-refractivity contribution in [2.45, 2.75) is 18.2 Å². The van der Waals surface area contributed by atoms with E-state index in [1.54, 1.807) is 6.92 Å². The van der Waals surface area contributed by atoms with Gasteiger partial charge < -0.3 is 4.74 Å². The average molecular weight is 279 g/mol. The molecule has 1 aromatic carbocycles. The van der Waals surface area contributed by atoms with Gasteiger partial charge in [0.15, 0.2) is 5.82 Å². The summed E-state index contributed by atoms with van der Waals surface area (Å²) >= 11 is 0. The molecule has 0 heterocycles. The van der Waals surface area contributed by atoms with E-state index in [4.69, 9.17) is 5.14 Å². The van der Waals surface area contributed by atoms with Crippen molar-refractivity contribution in [2.75, 3.05) is 6.61 Å². The zero-order valence-electron chi connectivity index (χ0n) is 9.44. The number of rotatable bonds is 4. The van der Waals surface area contributed by atoms with Gasteiger partial charge in [-0.2, -0.15) is 0 Å². The summed E-state index contributed by atoms with van der Waals surface area (Å²) in [6.07, 6.45) is 0.462. The van der Waals surface area contributed by atoms with E-state index in [9.17, 15) is 22.0 Å². The fraction of sp³-hybridized carbons (Fsp3) is 0.300. The highest BCUT2D eigenvalue weighted by Gasteiger charge is 2.25. The molecule has 0 saturated heterocycles. The van der Waals surface area contributed by atoms with Gasteiger partial charge in [-0.25, -0.2) is 27.1 Å². The van der Waals surface area contributed by atoms with Gasteiger partial charge in [0, 0.05) is 0 Å². The van der Waals surface area contributed by atoms with Crippen LogP contribution in [0.2, 0.25) is 0 Å². The molecule has 0 aliphatic heterocycles. The quantitative estimate of drug-likeness (QED) is 0.838. The van der Waals surface area contributed by atoms with Gasteiger partial charge in [0.2, 0.25) is 10.0 Å². The molecule has 0 unspecified atom stereocenters. The lowest BCUT2D eigenvalue weighted by molar-refractivity contribution is 0.0493. The molecule has 0 spiro atoms. The summed E-state index contributed by atoms with van der Waals surface area (Å²) in [5.41, 5.74) is -1.06. The summed E-state index contributed by atoms with van der Waals surface area (Å²) in [5.74, 6) is -4.02.